The van der Waals surface area contributed by atoms with E-state index in [0.29, 0.717) is 23.8 Å². The number of nitrogens with one attached hydrogen (secondary N) is 1. The summed E-state index contributed by atoms with van der Waals surface area (Å²) in [6.45, 7) is 1.31. The summed E-state index contributed by atoms with van der Waals surface area (Å²) in [4.78, 5) is 11.9. The minimum absolute atomic E-state index is 0.128. The molecule has 23 heavy (non-hydrogen) atoms. The standard InChI is InChI=1S/C17H23NO5/c1-20-14-8-6-12(16(21-2)17(14)22-3)7-9-15(19)18-11-13-5-4-10-23-13/h6-9,13H,4-5,10-11H2,1-3H3,(H,18,19)/b9-7+. The van der Waals surface area contributed by atoms with E-state index in [2.05, 4.69) is 5.32 Å². The molecule has 1 heterocycles. The maximum absolute atomic E-state index is 11.9. The molecule has 0 spiro atoms. The summed E-state index contributed by atoms with van der Waals surface area (Å²) in [5.41, 5.74) is 0.734. The summed E-state index contributed by atoms with van der Waals surface area (Å²) < 4.78 is 21.4. The van der Waals surface area contributed by atoms with Gasteiger partial charge in [0.15, 0.2) is 11.5 Å². The van der Waals surface area contributed by atoms with Crippen LogP contribution in [0.4, 0.5) is 0 Å². The first kappa shape index (κ1) is 17.1. The van der Waals surface area contributed by atoms with Crippen LogP contribution in [0.2, 0.25) is 0 Å². The second-order valence-electron chi connectivity index (χ2n) is 5.14. The number of hydrogen-bond donors (Lipinski definition) is 1. The van der Waals surface area contributed by atoms with E-state index in [1.165, 1.54) is 6.08 Å². The summed E-state index contributed by atoms with van der Waals surface area (Å²) in [6.07, 6.45) is 5.33. The summed E-state index contributed by atoms with van der Waals surface area (Å²) in [7, 11) is 4.65. The normalized spacial score (nSPS) is 17.3. The van der Waals surface area contributed by atoms with Gasteiger partial charge in [-0.15, -0.1) is 0 Å². The van der Waals surface area contributed by atoms with E-state index >= 15 is 0 Å². The SMILES string of the molecule is COc1ccc(/C=C/C(=O)NCC2CCCO2)c(OC)c1OC. The molecule has 1 unspecified atom stereocenters. The van der Waals surface area contributed by atoms with Gasteiger partial charge in [0.25, 0.3) is 0 Å². The molecule has 0 radical (unpaired) electrons. The lowest BCUT2D eigenvalue weighted by Gasteiger charge is -2.14. The third-order valence-corrected chi connectivity index (χ3v) is 3.68. The van der Waals surface area contributed by atoms with Gasteiger partial charge in [-0.05, 0) is 31.1 Å². The molecular weight excluding hydrogens is 298 g/mol. The molecule has 1 amide bonds. The van der Waals surface area contributed by atoms with E-state index in [9.17, 15) is 4.79 Å². The molecule has 0 bridgehead atoms. The van der Waals surface area contributed by atoms with Gasteiger partial charge < -0.3 is 24.3 Å². The van der Waals surface area contributed by atoms with Crippen molar-refractivity contribution < 1.29 is 23.7 Å². The molecule has 1 aromatic rings. The van der Waals surface area contributed by atoms with E-state index in [4.69, 9.17) is 18.9 Å². The first-order valence-corrected chi connectivity index (χ1v) is 7.56. The van der Waals surface area contributed by atoms with Crippen molar-refractivity contribution in [3.8, 4) is 17.2 Å². The van der Waals surface area contributed by atoms with Crippen molar-refractivity contribution in [2.45, 2.75) is 18.9 Å². The van der Waals surface area contributed by atoms with Crippen molar-refractivity contribution in [1.29, 1.82) is 0 Å². The van der Waals surface area contributed by atoms with Gasteiger partial charge in [0.05, 0.1) is 27.4 Å². The van der Waals surface area contributed by atoms with Crippen LogP contribution in [0.3, 0.4) is 0 Å². The van der Waals surface area contributed by atoms with Crippen LogP contribution < -0.4 is 19.5 Å². The summed E-state index contributed by atoms with van der Waals surface area (Å²) in [6, 6.07) is 3.58. The molecule has 2 rings (SSSR count). The van der Waals surface area contributed by atoms with Crippen molar-refractivity contribution in [2.75, 3.05) is 34.5 Å². The molecule has 1 aliphatic rings. The molecule has 1 aliphatic heterocycles. The Morgan fingerprint density at radius 3 is 2.65 bits per heavy atom. The first-order chi connectivity index (χ1) is 11.2. The summed E-state index contributed by atoms with van der Waals surface area (Å²) in [5, 5.41) is 2.84. The highest BCUT2D eigenvalue weighted by atomic mass is 16.5. The molecule has 6 nitrogen and oxygen atoms in total. The van der Waals surface area contributed by atoms with Gasteiger partial charge in [-0.2, -0.15) is 0 Å². The van der Waals surface area contributed by atoms with Crippen LogP contribution in [0.15, 0.2) is 18.2 Å². The molecule has 1 atom stereocenters. The van der Waals surface area contributed by atoms with Crippen LogP contribution in [0.25, 0.3) is 6.08 Å². The van der Waals surface area contributed by atoms with Gasteiger partial charge in [0.2, 0.25) is 11.7 Å². The van der Waals surface area contributed by atoms with Crippen LogP contribution in [-0.4, -0.2) is 46.5 Å². The van der Waals surface area contributed by atoms with Crippen LogP contribution in [0, 0.1) is 0 Å². The Kier molecular flexibility index (Phi) is 6.29. The van der Waals surface area contributed by atoms with Gasteiger partial charge in [-0.25, -0.2) is 0 Å². The number of benzene rings is 1. The monoisotopic (exact) mass is 321 g/mol. The largest absolute Gasteiger partial charge is 0.493 e. The molecule has 0 saturated carbocycles. The molecule has 6 heteroatoms. The van der Waals surface area contributed by atoms with Crippen molar-refractivity contribution in [3.63, 3.8) is 0 Å². The fourth-order valence-corrected chi connectivity index (χ4v) is 2.50. The van der Waals surface area contributed by atoms with Gasteiger partial charge in [-0.3, -0.25) is 4.79 Å². The predicted molar refractivity (Wildman–Crippen MR) is 87.1 cm³/mol. The lowest BCUT2D eigenvalue weighted by Crippen LogP contribution is -2.30. The second kappa shape index (κ2) is 8.43. The number of rotatable bonds is 7. The predicted octanol–water partition coefficient (Wildman–Crippen LogP) is 2.02. The second-order valence-corrected chi connectivity index (χ2v) is 5.14. The van der Waals surface area contributed by atoms with Gasteiger partial charge >= 0.3 is 0 Å². The zero-order valence-corrected chi connectivity index (χ0v) is 13.8. The van der Waals surface area contributed by atoms with E-state index in [0.717, 1.165) is 25.0 Å². The zero-order valence-electron chi connectivity index (χ0n) is 13.8. The maximum Gasteiger partial charge on any atom is 0.244 e. The lowest BCUT2D eigenvalue weighted by molar-refractivity contribution is -0.116. The fraction of sp³-hybridized carbons (Fsp3) is 0.471. The molecule has 0 aliphatic carbocycles. The number of hydrogen-bond acceptors (Lipinski definition) is 5. The Morgan fingerprint density at radius 1 is 1.26 bits per heavy atom. The number of carbonyl (C=O) groups excluding carboxylic acids is 1. The molecule has 1 saturated heterocycles. The van der Waals surface area contributed by atoms with Gasteiger partial charge in [0, 0.05) is 24.8 Å². The minimum atomic E-state index is -0.169. The highest BCUT2D eigenvalue weighted by Gasteiger charge is 2.16. The Balaban J connectivity index is 2.04. The fourth-order valence-electron chi connectivity index (χ4n) is 2.50. The smallest absolute Gasteiger partial charge is 0.244 e. The summed E-state index contributed by atoms with van der Waals surface area (Å²) >= 11 is 0. The lowest BCUT2D eigenvalue weighted by atomic mass is 10.1. The van der Waals surface area contributed by atoms with Crippen LogP contribution >= 0.6 is 0 Å². The Morgan fingerprint density at radius 2 is 2.04 bits per heavy atom. The zero-order chi connectivity index (χ0) is 16.7. The Bertz CT molecular complexity index is 564. The van der Waals surface area contributed by atoms with Crippen molar-refractivity contribution in [1.82, 2.24) is 5.32 Å². The highest BCUT2D eigenvalue weighted by Crippen LogP contribution is 2.40. The Hall–Kier alpha value is -2.21. The van der Waals surface area contributed by atoms with E-state index in [1.807, 2.05) is 6.07 Å². The average molecular weight is 321 g/mol. The number of carbonyl (C=O) groups is 1. The van der Waals surface area contributed by atoms with Crippen LogP contribution in [-0.2, 0) is 9.53 Å². The number of methoxy groups -OCH3 is 3. The van der Waals surface area contributed by atoms with Gasteiger partial charge in [-0.1, -0.05) is 0 Å². The van der Waals surface area contributed by atoms with Crippen LogP contribution in [0.1, 0.15) is 18.4 Å². The van der Waals surface area contributed by atoms with Crippen molar-refractivity contribution >= 4 is 12.0 Å². The van der Waals surface area contributed by atoms with Crippen LogP contribution in [0.5, 0.6) is 17.2 Å². The quantitative estimate of drug-likeness (QED) is 0.778. The third kappa shape index (κ3) is 4.39. The maximum atomic E-state index is 11.9. The number of amides is 1. The first-order valence-electron chi connectivity index (χ1n) is 7.56. The van der Waals surface area contributed by atoms with E-state index in [1.54, 1.807) is 33.5 Å². The highest BCUT2D eigenvalue weighted by molar-refractivity contribution is 5.92. The number of ether oxygens (including phenoxy) is 4. The van der Waals surface area contributed by atoms with Gasteiger partial charge in [0.1, 0.15) is 0 Å². The summed E-state index contributed by atoms with van der Waals surface area (Å²) in [5.74, 6) is 1.42. The van der Waals surface area contributed by atoms with Crippen molar-refractivity contribution in [2.24, 2.45) is 0 Å². The minimum Gasteiger partial charge on any atom is -0.493 e. The Labute approximate surface area is 136 Å². The molecule has 1 fully saturated rings. The molecule has 126 valence electrons. The van der Waals surface area contributed by atoms with E-state index in [-0.39, 0.29) is 12.0 Å². The third-order valence-electron chi connectivity index (χ3n) is 3.68. The molecule has 1 aromatic carbocycles. The topological polar surface area (TPSA) is 66.0 Å². The van der Waals surface area contributed by atoms with E-state index < -0.39 is 0 Å². The average Bonchev–Trinajstić information content (AvgIpc) is 3.10. The molecular formula is C17H23NO5. The molecule has 0 aromatic heterocycles. The molecule has 1 N–H and O–H groups in total. The van der Waals surface area contributed by atoms with Crippen molar-refractivity contribution in [3.05, 3.63) is 23.8 Å².